The van der Waals surface area contributed by atoms with Gasteiger partial charge in [0.25, 0.3) is 0 Å². The van der Waals surface area contributed by atoms with E-state index in [4.69, 9.17) is 11.5 Å². The summed E-state index contributed by atoms with van der Waals surface area (Å²) in [5.41, 5.74) is 18.6. The molecule has 3 heteroatoms. The van der Waals surface area contributed by atoms with Crippen molar-refractivity contribution in [1.29, 1.82) is 0 Å². The lowest BCUT2D eigenvalue weighted by molar-refractivity contribution is 0.103. The van der Waals surface area contributed by atoms with Crippen LogP contribution in [0.1, 0.15) is 15.9 Å². The summed E-state index contributed by atoms with van der Waals surface area (Å²) in [6.45, 7) is 0. The largest absolute Gasteiger partial charge is 0.398 e. The minimum atomic E-state index is -0.0994. The van der Waals surface area contributed by atoms with E-state index in [-0.39, 0.29) is 5.78 Å². The summed E-state index contributed by atoms with van der Waals surface area (Å²) in [6.07, 6.45) is 0. The smallest absolute Gasteiger partial charge is 0.193 e. The number of carbonyl (C=O) groups is 1. The molecule has 0 aliphatic carbocycles. The Bertz CT molecular complexity index is 1040. The van der Waals surface area contributed by atoms with Gasteiger partial charge in [-0.3, -0.25) is 4.79 Å². The fourth-order valence-corrected chi connectivity index (χ4v) is 3.34. The number of hydrogen-bond acceptors (Lipinski definition) is 3. The molecule has 28 heavy (non-hydrogen) atoms. The van der Waals surface area contributed by atoms with Crippen LogP contribution in [-0.2, 0) is 0 Å². The first-order valence-corrected chi connectivity index (χ1v) is 9.08. The highest BCUT2D eigenvalue weighted by molar-refractivity contribution is 6.10. The van der Waals surface area contributed by atoms with Crippen LogP contribution in [0.5, 0.6) is 0 Å². The molecular formula is C25H20N2O. The van der Waals surface area contributed by atoms with Gasteiger partial charge in [0.05, 0.1) is 0 Å². The fourth-order valence-electron chi connectivity index (χ4n) is 3.34. The maximum absolute atomic E-state index is 12.9. The van der Waals surface area contributed by atoms with E-state index in [1.807, 2.05) is 84.9 Å². The Kier molecular flexibility index (Phi) is 4.65. The lowest BCUT2D eigenvalue weighted by atomic mass is 9.95. The number of benzene rings is 4. The fraction of sp³-hybridized carbons (Fsp3) is 0. The van der Waals surface area contributed by atoms with Crippen molar-refractivity contribution in [2.75, 3.05) is 11.5 Å². The molecule has 0 fully saturated rings. The quantitative estimate of drug-likeness (QED) is 0.375. The van der Waals surface area contributed by atoms with Crippen LogP contribution in [0.3, 0.4) is 0 Å². The van der Waals surface area contributed by atoms with Crippen LogP contribution in [-0.4, -0.2) is 5.78 Å². The third-order valence-electron chi connectivity index (χ3n) is 4.80. The number of nitrogen functional groups attached to an aromatic ring is 2. The number of hydrogen-bond donors (Lipinski definition) is 2. The number of rotatable bonds is 4. The molecule has 4 aromatic rings. The van der Waals surface area contributed by atoms with Gasteiger partial charge in [-0.15, -0.1) is 0 Å². The summed E-state index contributed by atoms with van der Waals surface area (Å²) in [5.74, 6) is -0.0994. The SMILES string of the molecule is Nc1cc(C(=O)c2ccc(-c3ccccc3)c(N)c2)ccc1-c1ccccc1. The average molecular weight is 364 g/mol. The second kappa shape index (κ2) is 7.41. The van der Waals surface area contributed by atoms with Crippen molar-refractivity contribution in [2.24, 2.45) is 0 Å². The Morgan fingerprint density at radius 3 is 1.29 bits per heavy atom. The van der Waals surface area contributed by atoms with Crippen molar-refractivity contribution in [3.8, 4) is 22.3 Å². The molecule has 0 bridgehead atoms. The predicted molar refractivity (Wildman–Crippen MR) is 116 cm³/mol. The van der Waals surface area contributed by atoms with Crippen molar-refractivity contribution >= 4 is 17.2 Å². The van der Waals surface area contributed by atoms with E-state index in [0.717, 1.165) is 22.3 Å². The minimum Gasteiger partial charge on any atom is -0.398 e. The zero-order valence-electron chi connectivity index (χ0n) is 15.3. The van der Waals surface area contributed by atoms with Gasteiger partial charge in [0.1, 0.15) is 0 Å². The molecule has 0 aromatic heterocycles. The van der Waals surface area contributed by atoms with Gasteiger partial charge >= 0.3 is 0 Å². The van der Waals surface area contributed by atoms with Crippen molar-refractivity contribution in [3.63, 3.8) is 0 Å². The number of nitrogens with two attached hydrogens (primary N) is 2. The van der Waals surface area contributed by atoms with E-state index in [0.29, 0.717) is 22.5 Å². The lowest BCUT2D eigenvalue weighted by Gasteiger charge is -2.10. The molecule has 0 aliphatic rings. The monoisotopic (exact) mass is 364 g/mol. The van der Waals surface area contributed by atoms with Gasteiger partial charge in [-0.2, -0.15) is 0 Å². The van der Waals surface area contributed by atoms with Gasteiger partial charge < -0.3 is 11.5 Å². The van der Waals surface area contributed by atoms with E-state index in [9.17, 15) is 4.79 Å². The van der Waals surface area contributed by atoms with Crippen LogP contribution in [0.2, 0.25) is 0 Å². The molecule has 4 N–H and O–H groups in total. The molecule has 4 aromatic carbocycles. The molecule has 0 unspecified atom stereocenters. The van der Waals surface area contributed by atoms with Gasteiger partial charge in [0.15, 0.2) is 5.78 Å². The molecule has 0 heterocycles. The van der Waals surface area contributed by atoms with Crippen molar-refractivity contribution < 1.29 is 4.79 Å². The van der Waals surface area contributed by atoms with Crippen molar-refractivity contribution in [1.82, 2.24) is 0 Å². The molecule has 0 spiro atoms. The summed E-state index contributed by atoms with van der Waals surface area (Å²) in [7, 11) is 0. The van der Waals surface area contributed by atoms with Crippen LogP contribution in [0.25, 0.3) is 22.3 Å². The highest BCUT2D eigenvalue weighted by atomic mass is 16.1. The minimum absolute atomic E-state index is 0.0994. The van der Waals surface area contributed by atoms with E-state index < -0.39 is 0 Å². The summed E-state index contributed by atoms with van der Waals surface area (Å²) in [5, 5.41) is 0. The van der Waals surface area contributed by atoms with E-state index >= 15 is 0 Å². The third-order valence-corrected chi connectivity index (χ3v) is 4.80. The van der Waals surface area contributed by atoms with Gasteiger partial charge in [0.2, 0.25) is 0 Å². The molecule has 4 rings (SSSR count). The Morgan fingerprint density at radius 2 is 0.929 bits per heavy atom. The van der Waals surface area contributed by atoms with Crippen LogP contribution in [0.4, 0.5) is 11.4 Å². The number of carbonyl (C=O) groups excluding carboxylic acids is 1. The average Bonchev–Trinajstić information content (AvgIpc) is 2.74. The second-order valence-corrected chi connectivity index (χ2v) is 6.67. The second-order valence-electron chi connectivity index (χ2n) is 6.67. The zero-order chi connectivity index (χ0) is 19.5. The molecule has 136 valence electrons. The first kappa shape index (κ1) is 17.6. The van der Waals surface area contributed by atoms with Crippen LogP contribution in [0, 0.1) is 0 Å². The Morgan fingerprint density at radius 1 is 0.536 bits per heavy atom. The maximum Gasteiger partial charge on any atom is 0.193 e. The van der Waals surface area contributed by atoms with Crippen LogP contribution >= 0.6 is 0 Å². The Hall–Kier alpha value is -3.85. The van der Waals surface area contributed by atoms with Crippen molar-refractivity contribution in [2.45, 2.75) is 0 Å². The summed E-state index contributed by atoms with van der Waals surface area (Å²) in [6, 6.07) is 30.6. The normalized spacial score (nSPS) is 10.6. The maximum atomic E-state index is 12.9. The van der Waals surface area contributed by atoms with Gasteiger partial charge in [-0.1, -0.05) is 84.9 Å². The summed E-state index contributed by atoms with van der Waals surface area (Å²) >= 11 is 0. The molecule has 0 radical (unpaired) electrons. The van der Waals surface area contributed by atoms with E-state index in [1.54, 1.807) is 12.1 Å². The number of ketones is 1. The lowest BCUT2D eigenvalue weighted by Crippen LogP contribution is -2.04. The van der Waals surface area contributed by atoms with Gasteiger partial charge in [-0.25, -0.2) is 0 Å². The van der Waals surface area contributed by atoms with Crippen LogP contribution in [0.15, 0.2) is 97.1 Å². The summed E-state index contributed by atoms with van der Waals surface area (Å²) in [4.78, 5) is 12.9. The highest BCUT2D eigenvalue weighted by Crippen LogP contribution is 2.30. The zero-order valence-corrected chi connectivity index (χ0v) is 15.3. The molecular weight excluding hydrogens is 344 g/mol. The first-order valence-electron chi connectivity index (χ1n) is 9.08. The van der Waals surface area contributed by atoms with E-state index in [2.05, 4.69) is 0 Å². The Balaban J connectivity index is 1.65. The first-order chi connectivity index (χ1) is 13.6. The van der Waals surface area contributed by atoms with Crippen molar-refractivity contribution in [3.05, 3.63) is 108 Å². The summed E-state index contributed by atoms with van der Waals surface area (Å²) < 4.78 is 0. The molecule has 0 atom stereocenters. The molecule has 0 saturated carbocycles. The molecule has 0 saturated heterocycles. The molecule has 0 aliphatic heterocycles. The highest BCUT2D eigenvalue weighted by Gasteiger charge is 2.13. The standard InChI is InChI=1S/C25H20N2O/c26-23-15-19(11-13-21(23)17-7-3-1-4-8-17)25(28)20-12-14-22(24(27)16-20)18-9-5-2-6-10-18/h1-16H,26-27H2. The van der Waals surface area contributed by atoms with Gasteiger partial charge in [0, 0.05) is 33.6 Å². The topological polar surface area (TPSA) is 69.1 Å². The van der Waals surface area contributed by atoms with Crippen LogP contribution < -0.4 is 11.5 Å². The van der Waals surface area contributed by atoms with E-state index in [1.165, 1.54) is 0 Å². The predicted octanol–water partition coefficient (Wildman–Crippen LogP) is 5.42. The Labute approximate surface area is 164 Å². The number of anilines is 2. The van der Waals surface area contributed by atoms with Gasteiger partial charge in [-0.05, 0) is 23.3 Å². The molecule has 3 nitrogen and oxygen atoms in total. The molecule has 0 amide bonds. The third kappa shape index (κ3) is 3.38.